The van der Waals surface area contributed by atoms with E-state index in [2.05, 4.69) is 4.98 Å². The third-order valence-corrected chi connectivity index (χ3v) is 8.48. The minimum absolute atomic E-state index is 0.149. The van der Waals surface area contributed by atoms with Gasteiger partial charge in [0.1, 0.15) is 0 Å². The van der Waals surface area contributed by atoms with Crippen molar-refractivity contribution in [2.24, 2.45) is 5.92 Å². The molecule has 9 nitrogen and oxygen atoms in total. The molecule has 1 saturated heterocycles. The van der Waals surface area contributed by atoms with Gasteiger partial charge >= 0.3 is 6.09 Å². The predicted molar refractivity (Wildman–Crippen MR) is 151 cm³/mol. The zero-order valence-corrected chi connectivity index (χ0v) is 23.0. The molecule has 206 valence electrons. The number of piperazine rings is 1. The minimum Gasteiger partial charge on any atom is -0.449 e. The number of hydrogen-bond acceptors (Lipinski definition) is 6. The molecule has 39 heavy (non-hydrogen) atoms. The summed E-state index contributed by atoms with van der Waals surface area (Å²) in [5.41, 5.74) is 2.62. The van der Waals surface area contributed by atoms with Gasteiger partial charge in [0.25, 0.3) is 5.91 Å². The number of amides is 2. The minimum atomic E-state index is -3.01. The van der Waals surface area contributed by atoms with Gasteiger partial charge in [-0.05, 0) is 55.2 Å². The Balaban J connectivity index is 1.23. The Kier molecular flexibility index (Phi) is 8.30. The summed E-state index contributed by atoms with van der Waals surface area (Å²) in [6.45, 7) is 3.91. The molecule has 1 aliphatic carbocycles. The number of thiol groups is 1. The summed E-state index contributed by atoms with van der Waals surface area (Å²) in [6.07, 6.45) is 7.25. The van der Waals surface area contributed by atoms with Crippen molar-refractivity contribution < 1.29 is 22.7 Å². The molecule has 0 spiro atoms. The highest BCUT2D eigenvalue weighted by molar-refractivity contribution is 7.74. The summed E-state index contributed by atoms with van der Waals surface area (Å²) >= 11 is 0. The average molecular weight is 551 g/mol. The molecule has 2 heterocycles. The van der Waals surface area contributed by atoms with E-state index < -0.39 is 10.9 Å². The molecule has 0 unspecified atom stereocenters. The lowest BCUT2D eigenvalue weighted by molar-refractivity contribution is 0.0548. The average Bonchev–Trinajstić information content (AvgIpc) is 3.47. The van der Waals surface area contributed by atoms with Crippen molar-refractivity contribution in [2.75, 3.05) is 37.1 Å². The number of ether oxygens (including phenoxy) is 1. The molecule has 1 aliphatic heterocycles. The number of para-hydroxylation sites is 1. The molecule has 2 aromatic carbocycles. The van der Waals surface area contributed by atoms with Crippen LogP contribution in [0, 0.1) is 12.8 Å². The molecule has 0 atom stereocenters. The molecule has 2 amide bonds. The normalized spacial score (nSPS) is 16.2. The number of carbonyl (C=O) groups excluding carboxylic acids is 2. The third-order valence-electron chi connectivity index (χ3n) is 7.73. The monoisotopic (exact) mass is 550 g/mol. The van der Waals surface area contributed by atoms with Gasteiger partial charge in [0, 0.05) is 43.3 Å². The number of pyridine rings is 1. The van der Waals surface area contributed by atoms with Crippen LogP contribution in [0.2, 0.25) is 0 Å². The number of aryl methyl sites for hydroxylation is 1. The zero-order valence-electron chi connectivity index (χ0n) is 22.1. The van der Waals surface area contributed by atoms with E-state index in [-0.39, 0.29) is 12.0 Å². The molecule has 10 heteroatoms. The van der Waals surface area contributed by atoms with Crippen molar-refractivity contribution in [2.45, 2.75) is 39.0 Å². The van der Waals surface area contributed by atoms with Crippen molar-refractivity contribution in [3.8, 4) is 0 Å². The number of rotatable bonds is 7. The van der Waals surface area contributed by atoms with Crippen LogP contribution < -0.4 is 4.31 Å². The van der Waals surface area contributed by atoms with E-state index in [1.807, 2.05) is 12.1 Å². The number of benzene rings is 2. The molecule has 2 fully saturated rings. The fraction of sp³-hybridized carbons (Fsp3) is 0.414. The maximum Gasteiger partial charge on any atom is 0.409 e. The highest BCUT2D eigenvalue weighted by Crippen LogP contribution is 2.34. The molecule has 3 aromatic rings. The van der Waals surface area contributed by atoms with Crippen LogP contribution in [0.5, 0.6) is 0 Å². The fourth-order valence-electron chi connectivity index (χ4n) is 5.57. The van der Waals surface area contributed by atoms with Crippen molar-refractivity contribution >= 4 is 45.2 Å². The summed E-state index contributed by atoms with van der Waals surface area (Å²) in [5, 5.41) is 0.832. The molecule has 1 saturated carbocycles. The smallest absolute Gasteiger partial charge is 0.409 e. The SMILES string of the molecule is Cc1cc(C(=O)N2CCN(C(=O)OCCC3CCCC3)CC2)ccc1N(c1cccc2cccnc12)[SH](=O)=O. The molecular weight excluding hydrogens is 516 g/mol. The second kappa shape index (κ2) is 12.0. The molecular formula is C29H34N4O5S. The van der Waals surface area contributed by atoms with E-state index in [1.54, 1.807) is 59.3 Å². The van der Waals surface area contributed by atoms with Gasteiger partial charge in [-0.25, -0.2) is 17.5 Å². The van der Waals surface area contributed by atoms with Crippen LogP contribution in [0.25, 0.3) is 10.9 Å². The molecule has 0 bridgehead atoms. The van der Waals surface area contributed by atoms with Gasteiger partial charge in [-0.15, -0.1) is 0 Å². The van der Waals surface area contributed by atoms with Crippen LogP contribution in [0.3, 0.4) is 0 Å². The van der Waals surface area contributed by atoms with Crippen LogP contribution in [0.4, 0.5) is 16.2 Å². The van der Waals surface area contributed by atoms with Crippen LogP contribution in [0.1, 0.15) is 48.0 Å². The topological polar surface area (TPSA) is 100 Å². The number of anilines is 2. The van der Waals surface area contributed by atoms with Crippen LogP contribution >= 0.6 is 0 Å². The molecule has 0 N–H and O–H groups in total. The van der Waals surface area contributed by atoms with Crippen molar-refractivity contribution in [1.82, 2.24) is 14.8 Å². The molecule has 0 radical (unpaired) electrons. The van der Waals surface area contributed by atoms with Gasteiger partial charge in [-0.1, -0.05) is 43.9 Å². The first kappa shape index (κ1) is 26.9. The van der Waals surface area contributed by atoms with Crippen molar-refractivity contribution in [3.05, 3.63) is 65.9 Å². The summed E-state index contributed by atoms with van der Waals surface area (Å²) in [5.74, 6) is 0.524. The van der Waals surface area contributed by atoms with Gasteiger partial charge in [0.15, 0.2) is 0 Å². The maximum atomic E-state index is 13.3. The Morgan fingerprint density at radius 1 is 0.974 bits per heavy atom. The van der Waals surface area contributed by atoms with E-state index in [9.17, 15) is 18.0 Å². The van der Waals surface area contributed by atoms with E-state index >= 15 is 0 Å². The van der Waals surface area contributed by atoms with Gasteiger partial charge in [0.2, 0.25) is 10.9 Å². The van der Waals surface area contributed by atoms with Crippen LogP contribution in [0.15, 0.2) is 54.7 Å². The highest BCUT2D eigenvalue weighted by atomic mass is 32.2. The standard InChI is InChI=1S/C29H34N4O5S/c1-21-20-24(11-12-25(21)33(39(36)37)26-10-4-8-23-9-5-14-30-27(23)26)28(34)31-15-17-32(18-16-31)29(35)38-19-13-22-6-2-3-7-22/h4-5,8-12,14,20,22,39H,2-3,6-7,13,15-19H2,1H3. The zero-order chi connectivity index (χ0) is 27.4. The number of aromatic nitrogens is 1. The van der Waals surface area contributed by atoms with Crippen molar-refractivity contribution in [3.63, 3.8) is 0 Å². The van der Waals surface area contributed by atoms with Crippen LogP contribution in [-0.4, -0.2) is 68.0 Å². The number of nitrogens with zero attached hydrogens (tertiary/aromatic N) is 4. The summed E-state index contributed by atoms with van der Waals surface area (Å²) in [6, 6.07) is 14.1. The van der Waals surface area contributed by atoms with Crippen LogP contribution in [-0.2, 0) is 15.6 Å². The van der Waals surface area contributed by atoms with Gasteiger partial charge < -0.3 is 14.5 Å². The summed E-state index contributed by atoms with van der Waals surface area (Å²) in [4.78, 5) is 33.5. The quantitative estimate of drug-likeness (QED) is 0.429. The van der Waals surface area contributed by atoms with Gasteiger partial charge in [-0.3, -0.25) is 9.78 Å². The number of hydrogen-bond donors (Lipinski definition) is 1. The Morgan fingerprint density at radius 3 is 2.41 bits per heavy atom. The lowest BCUT2D eigenvalue weighted by atomic mass is 10.1. The molecule has 5 rings (SSSR count). The van der Waals surface area contributed by atoms with Crippen molar-refractivity contribution in [1.29, 1.82) is 0 Å². The predicted octanol–water partition coefficient (Wildman–Crippen LogP) is 4.68. The van der Waals surface area contributed by atoms with E-state index in [0.29, 0.717) is 66.7 Å². The largest absolute Gasteiger partial charge is 0.449 e. The lowest BCUT2D eigenvalue weighted by Crippen LogP contribution is -2.50. The van der Waals surface area contributed by atoms with E-state index in [4.69, 9.17) is 4.74 Å². The third kappa shape index (κ3) is 6.00. The van der Waals surface area contributed by atoms with Gasteiger partial charge in [0.05, 0.1) is 23.5 Å². The number of carbonyl (C=O) groups is 2. The van der Waals surface area contributed by atoms with E-state index in [0.717, 1.165) is 11.8 Å². The second-order valence-corrected chi connectivity index (χ2v) is 11.1. The Hall–Kier alpha value is -3.66. The Morgan fingerprint density at radius 2 is 1.69 bits per heavy atom. The fourth-order valence-corrected chi connectivity index (χ4v) is 6.31. The summed E-state index contributed by atoms with van der Waals surface area (Å²) < 4.78 is 31.5. The second-order valence-electron chi connectivity index (χ2n) is 10.2. The number of fused-ring (bicyclic) bond motifs is 1. The molecule has 2 aliphatic rings. The Bertz CT molecular complexity index is 1410. The molecule has 1 aromatic heterocycles. The first-order valence-electron chi connectivity index (χ1n) is 13.5. The Labute approximate surface area is 230 Å². The van der Waals surface area contributed by atoms with E-state index in [1.165, 1.54) is 30.0 Å². The first-order chi connectivity index (χ1) is 18.9. The lowest BCUT2D eigenvalue weighted by Gasteiger charge is -2.34. The van der Waals surface area contributed by atoms with Gasteiger partial charge in [-0.2, -0.15) is 0 Å². The first-order valence-corrected chi connectivity index (χ1v) is 14.6. The highest BCUT2D eigenvalue weighted by Gasteiger charge is 2.27. The maximum absolute atomic E-state index is 13.3. The summed E-state index contributed by atoms with van der Waals surface area (Å²) in [7, 11) is -3.01.